The molecule has 0 bridgehead atoms. The summed E-state index contributed by atoms with van der Waals surface area (Å²) in [6.45, 7) is 3.79. The second-order valence-corrected chi connectivity index (χ2v) is 5.99. The third-order valence-corrected chi connectivity index (χ3v) is 4.10. The number of unbranched alkanes of at least 4 members (excludes halogenated alkanes) is 1. The van der Waals surface area contributed by atoms with Crippen molar-refractivity contribution >= 4 is 30.7 Å². The van der Waals surface area contributed by atoms with Crippen LogP contribution in [0.1, 0.15) is 31.2 Å². The van der Waals surface area contributed by atoms with Crippen LogP contribution in [0.3, 0.4) is 0 Å². The number of benzene rings is 1. The minimum absolute atomic E-state index is 0. The Morgan fingerprint density at radius 2 is 2.12 bits per heavy atom. The predicted octanol–water partition coefficient (Wildman–Crippen LogP) is 2.74. The van der Waals surface area contributed by atoms with Crippen molar-refractivity contribution in [2.45, 2.75) is 32.2 Å². The monoisotopic (exact) mass is 379 g/mol. The van der Waals surface area contributed by atoms with Crippen molar-refractivity contribution in [2.75, 3.05) is 26.2 Å². The van der Waals surface area contributed by atoms with Gasteiger partial charge in [-0.2, -0.15) is 0 Å². The molecule has 0 spiro atoms. The number of nitrogens with zero attached hydrogens (tertiary/aromatic N) is 1. The molecule has 1 fully saturated rings. The summed E-state index contributed by atoms with van der Waals surface area (Å²) in [6, 6.07) is 6.68. The summed E-state index contributed by atoms with van der Waals surface area (Å²) in [5.74, 6) is -0.0233. The van der Waals surface area contributed by atoms with E-state index in [0.717, 1.165) is 44.3 Å². The Hall–Kier alpha value is -0.880. The normalized spacial score (nSPS) is 17.5. The summed E-state index contributed by atoms with van der Waals surface area (Å²) in [5, 5.41) is 3.00. The Morgan fingerprint density at radius 1 is 1.33 bits per heavy atom. The van der Waals surface area contributed by atoms with Crippen LogP contribution in [0, 0.1) is 11.7 Å². The highest BCUT2D eigenvalue weighted by Gasteiger charge is 2.25. The molecule has 1 saturated heterocycles. The zero-order valence-corrected chi connectivity index (χ0v) is 15.5. The van der Waals surface area contributed by atoms with Crippen molar-refractivity contribution in [3.05, 3.63) is 35.6 Å². The SMILES string of the molecule is Cl.Cl.NCCCCNC(=O)C1CCCN(Cc2cccc(F)c2)C1. The van der Waals surface area contributed by atoms with Gasteiger partial charge in [0.05, 0.1) is 5.92 Å². The van der Waals surface area contributed by atoms with E-state index >= 15 is 0 Å². The highest BCUT2D eigenvalue weighted by Crippen LogP contribution is 2.19. The number of likely N-dealkylation sites (tertiary alicyclic amines) is 1. The zero-order valence-electron chi connectivity index (χ0n) is 13.9. The van der Waals surface area contributed by atoms with Crippen molar-refractivity contribution in [2.24, 2.45) is 11.7 Å². The number of nitrogens with one attached hydrogen (secondary N) is 1. The van der Waals surface area contributed by atoms with E-state index in [2.05, 4.69) is 10.2 Å². The van der Waals surface area contributed by atoms with Gasteiger partial charge in [-0.05, 0) is 56.5 Å². The summed E-state index contributed by atoms with van der Waals surface area (Å²) in [4.78, 5) is 14.4. The van der Waals surface area contributed by atoms with Crippen LogP contribution in [0.5, 0.6) is 0 Å². The molecule has 1 aliphatic rings. The zero-order chi connectivity index (χ0) is 15.8. The number of carbonyl (C=O) groups excluding carboxylic acids is 1. The smallest absolute Gasteiger partial charge is 0.224 e. The van der Waals surface area contributed by atoms with Gasteiger partial charge < -0.3 is 11.1 Å². The first kappa shape index (κ1) is 23.1. The lowest BCUT2D eigenvalue weighted by molar-refractivity contribution is -0.126. The summed E-state index contributed by atoms with van der Waals surface area (Å²) in [7, 11) is 0. The molecule has 1 heterocycles. The summed E-state index contributed by atoms with van der Waals surface area (Å²) < 4.78 is 13.2. The van der Waals surface area contributed by atoms with Crippen molar-refractivity contribution in [1.29, 1.82) is 0 Å². The third kappa shape index (κ3) is 7.79. The van der Waals surface area contributed by atoms with E-state index in [9.17, 15) is 9.18 Å². The lowest BCUT2D eigenvalue weighted by Crippen LogP contribution is -2.42. The van der Waals surface area contributed by atoms with Crippen molar-refractivity contribution < 1.29 is 9.18 Å². The Balaban J connectivity index is 0.00000264. The minimum Gasteiger partial charge on any atom is -0.356 e. The van der Waals surface area contributed by atoms with Crippen LogP contribution >= 0.6 is 24.8 Å². The molecule has 1 atom stereocenters. The maximum atomic E-state index is 13.2. The number of piperidine rings is 1. The van der Waals surface area contributed by atoms with Gasteiger partial charge in [-0.25, -0.2) is 4.39 Å². The van der Waals surface area contributed by atoms with Crippen LogP contribution in [0.15, 0.2) is 24.3 Å². The van der Waals surface area contributed by atoms with E-state index in [1.807, 2.05) is 6.07 Å². The van der Waals surface area contributed by atoms with Crippen LogP contribution in [-0.4, -0.2) is 37.0 Å². The number of rotatable bonds is 7. The second kappa shape index (κ2) is 12.5. The van der Waals surface area contributed by atoms with Gasteiger partial charge in [-0.3, -0.25) is 9.69 Å². The molecule has 7 heteroatoms. The number of nitrogens with two attached hydrogens (primary N) is 1. The fourth-order valence-corrected chi connectivity index (χ4v) is 2.93. The summed E-state index contributed by atoms with van der Waals surface area (Å²) >= 11 is 0. The molecule has 4 nitrogen and oxygen atoms in total. The highest BCUT2D eigenvalue weighted by atomic mass is 35.5. The quantitative estimate of drug-likeness (QED) is 0.716. The first-order valence-electron chi connectivity index (χ1n) is 8.13. The van der Waals surface area contributed by atoms with Gasteiger partial charge in [0.25, 0.3) is 0 Å². The lowest BCUT2D eigenvalue weighted by Gasteiger charge is -2.32. The molecule has 1 aromatic carbocycles. The van der Waals surface area contributed by atoms with E-state index in [0.29, 0.717) is 19.6 Å². The van der Waals surface area contributed by atoms with Gasteiger partial charge in [0.1, 0.15) is 5.82 Å². The van der Waals surface area contributed by atoms with Crippen LogP contribution in [0.25, 0.3) is 0 Å². The van der Waals surface area contributed by atoms with Gasteiger partial charge in [-0.1, -0.05) is 12.1 Å². The maximum absolute atomic E-state index is 13.2. The Kier molecular flexibility index (Phi) is 12.0. The van der Waals surface area contributed by atoms with Crippen molar-refractivity contribution in [1.82, 2.24) is 10.2 Å². The Labute approximate surface area is 156 Å². The van der Waals surface area contributed by atoms with E-state index in [1.165, 1.54) is 6.07 Å². The number of carbonyl (C=O) groups is 1. The molecular formula is C17H28Cl2FN3O. The lowest BCUT2D eigenvalue weighted by atomic mass is 9.96. The van der Waals surface area contributed by atoms with E-state index < -0.39 is 0 Å². The van der Waals surface area contributed by atoms with Gasteiger partial charge in [-0.15, -0.1) is 24.8 Å². The van der Waals surface area contributed by atoms with E-state index in [1.54, 1.807) is 12.1 Å². The van der Waals surface area contributed by atoms with E-state index in [-0.39, 0.29) is 42.5 Å². The predicted molar refractivity (Wildman–Crippen MR) is 100 cm³/mol. The van der Waals surface area contributed by atoms with Crippen LogP contribution in [-0.2, 0) is 11.3 Å². The van der Waals surface area contributed by atoms with Crippen LogP contribution < -0.4 is 11.1 Å². The summed E-state index contributed by atoms with van der Waals surface area (Å²) in [5.41, 5.74) is 6.41. The van der Waals surface area contributed by atoms with Crippen molar-refractivity contribution in [3.8, 4) is 0 Å². The molecule has 0 saturated carbocycles. The number of amides is 1. The standard InChI is InChI=1S/C17H26FN3O.2ClH/c18-16-7-3-5-14(11-16)12-21-10-4-6-15(13-21)17(22)20-9-2-1-8-19;;/h3,5,7,11,15H,1-2,4,6,8-10,12-13,19H2,(H,20,22);2*1H. The van der Waals surface area contributed by atoms with Crippen LogP contribution in [0.4, 0.5) is 4.39 Å². The fourth-order valence-electron chi connectivity index (χ4n) is 2.93. The average molecular weight is 380 g/mol. The minimum atomic E-state index is -0.205. The molecule has 1 aromatic rings. The molecule has 138 valence electrons. The first-order valence-corrected chi connectivity index (χ1v) is 8.13. The van der Waals surface area contributed by atoms with Gasteiger partial charge >= 0.3 is 0 Å². The molecule has 3 N–H and O–H groups in total. The molecule has 2 rings (SSSR count). The molecule has 24 heavy (non-hydrogen) atoms. The maximum Gasteiger partial charge on any atom is 0.224 e. The van der Waals surface area contributed by atoms with Gasteiger partial charge in [0.2, 0.25) is 5.91 Å². The topological polar surface area (TPSA) is 58.4 Å². The number of hydrogen-bond acceptors (Lipinski definition) is 3. The highest BCUT2D eigenvalue weighted by molar-refractivity contribution is 5.85. The third-order valence-electron chi connectivity index (χ3n) is 4.10. The Morgan fingerprint density at radius 3 is 2.83 bits per heavy atom. The van der Waals surface area contributed by atoms with Gasteiger partial charge in [0.15, 0.2) is 0 Å². The molecule has 1 aliphatic heterocycles. The van der Waals surface area contributed by atoms with Gasteiger partial charge in [0, 0.05) is 19.6 Å². The number of hydrogen-bond donors (Lipinski definition) is 2. The molecular weight excluding hydrogens is 352 g/mol. The molecule has 0 aromatic heterocycles. The molecule has 0 radical (unpaired) electrons. The largest absolute Gasteiger partial charge is 0.356 e. The van der Waals surface area contributed by atoms with Crippen LogP contribution in [0.2, 0.25) is 0 Å². The first-order chi connectivity index (χ1) is 10.7. The molecule has 1 amide bonds. The average Bonchev–Trinajstić information content (AvgIpc) is 2.52. The summed E-state index contributed by atoms with van der Waals surface area (Å²) in [6.07, 6.45) is 3.82. The number of halogens is 3. The molecule has 1 unspecified atom stereocenters. The fraction of sp³-hybridized carbons (Fsp3) is 0.588. The molecule has 0 aliphatic carbocycles. The Bertz CT molecular complexity index is 491. The van der Waals surface area contributed by atoms with E-state index in [4.69, 9.17) is 5.73 Å². The second-order valence-electron chi connectivity index (χ2n) is 5.99. The van der Waals surface area contributed by atoms with Crippen molar-refractivity contribution in [3.63, 3.8) is 0 Å².